The maximum atomic E-state index is 11.2. The number of hydrogen-bond acceptors (Lipinski definition) is 6. The van der Waals surface area contributed by atoms with Crippen LogP contribution in [0.1, 0.15) is 13.8 Å². The van der Waals surface area contributed by atoms with Crippen molar-refractivity contribution in [1.82, 2.24) is 0 Å². The van der Waals surface area contributed by atoms with E-state index >= 15 is 0 Å². The Morgan fingerprint density at radius 3 is 2.31 bits per heavy atom. The highest BCUT2D eigenvalue weighted by molar-refractivity contribution is 5.71. The fourth-order valence-electron chi connectivity index (χ4n) is 1.45. The van der Waals surface area contributed by atoms with E-state index in [4.69, 9.17) is 14.6 Å². The lowest BCUT2D eigenvalue weighted by molar-refractivity contribution is -0.153. The van der Waals surface area contributed by atoms with Crippen molar-refractivity contribution in [2.24, 2.45) is 5.92 Å². The number of aliphatic hydroxyl groups is 3. The molecule has 1 heterocycles. The number of ether oxygens (including phenoxy) is 2. The van der Waals surface area contributed by atoms with E-state index in [0.717, 1.165) is 0 Å². The molecule has 0 saturated carbocycles. The third-order valence-electron chi connectivity index (χ3n) is 2.50. The fraction of sp³-hybridized carbons (Fsp3) is 0.900. The maximum Gasteiger partial charge on any atom is 0.308 e. The summed E-state index contributed by atoms with van der Waals surface area (Å²) < 4.78 is 10.0. The predicted octanol–water partition coefficient (Wildman–Crippen LogP) is -1.33. The van der Waals surface area contributed by atoms with Crippen LogP contribution in [0.4, 0.5) is 0 Å². The van der Waals surface area contributed by atoms with Gasteiger partial charge in [0, 0.05) is 0 Å². The third kappa shape index (κ3) is 2.91. The molecule has 4 atom stereocenters. The number of hydrogen-bond donors (Lipinski definition) is 3. The molecule has 0 bridgehead atoms. The van der Waals surface area contributed by atoms with Gasteiger partial charge in [-0.1, -0.05) is 13.8 Å². The first-order valence-corrected chi connectivity index (χ1v) is 5.26. The quantitative estimate of drug-likeness (QED) is 0.521. The molecule has 6 nitrogen and oxygen atoms in total. The van der Waals surface area contributed by atoms with Gasteiger partial charge in [0.05, 0.1) is 12.5 Å². The van der Waals surface area contributed by atoms with Crippen molar-refractivity contribution in [3.05, 3.63) is 0 Å². The van der Waals surface area contributed by atoms with Gasteiger partial charge in [-0.15, -0.1) is 0 Å². The minimum absolute atomic E-state index is 0.119. The molecule has 0 amide bonds. The first-order valence-electron chi connectivity index (χ1n) is 5.26. The molecule has 0 radical (unpaired) electrons. The molecule has 1 fully saturated rings. The van der Waals surface area contributed by atoms with E-state index in [9.17, 15) is 15.0 Å². The minimum Gasteiger partial charge on any atom is -0.463 e. The zero-order valence-electron chi connectivity index (χ0n) is 9.37. The second kappa shape index (κ2) is 5.58. The zero-order valence-corrected chi connectivity index (χ0v) is 9.37. The highest BCUT2D eigenvalue weighted by Crippen LogP contribution is 2.21. The minimum atomic E-state index is -1.15. The summed E-state index contributed by atoms with van der Waals surface area (Å²) in [5.41, 5.74) is 0. The van der Waals surface area contributed by atoms with Gasteiger partial charge in [0.2, 0.25) is 0 Å². The van der Waals surface area contributed by atoms with Gasteiger partial charge in [-0.3, -0.25) is 4.79 Å². The van der Waals surface area contributed by atoms with Crippen LogP contribution in [0.3, 0.4) is 0 Å². The largest absolute Gasteiger partial charge is 0.463 e. The average Bonchev–Trinajstić information content (AvgIpc) is 2.52. The lowest BCUT2D eigenvalue weighted by Gasteiger charge is -2.15. The third-order valence-corrected chi connectivity index (χ3v) is 2.50. The Kier molecular flexibility index (Phi) is 4.67. The topological polar surface area (TPSA) is 96.2 Å². The van der Waals surface area contributed by atoms with Crippen molar-refractivity contribution in [3.63, 3.8) is 0 Å². The first kappa shape index (κ1) is 13.4. The van der Waals surface area contributed by atoms with E-state index < -0.39 is 30.4 Å². The number of carbonyl (C=O) groups is 1. The number of aliphatic hydroxyl groups excluding tert-OH is 3. The normalized spacial score (nSPS) is 34.4. The Labute approximate surface area is 93.8 Å². The zero-order chi connectivity index (χ0) is 12.3. The molecule has 0 unspecified atom stereocenters. The number of esters is 1. The van der Waals surface area contributed by atoms with E-state index in [2.05, 4.69) is 0 Å². The van der Waals surface area contributed by atoms with E-state index in [1.165, 1.54) is 0 Å². The monoisotopic (exact) mass is 234 g/mol. The van der Waals surface area contributed by atoms with Crippen LogP contribution in [0.5, 0.6) is 0 Å². The lowest BCUT2D eigenvalue weighted by Crippen LogP contribution is -2.35. The highest BCUT2D eigenvalue weighted by atomic mass is 16.6. The molecule has 1 aliphatic rings. The van der Waals surface area contributed by atoms with Crippen molar-refractivity contribution in [2.75, 3.05) is 13.2 Å². The Morgan fingerprint density at radius 1 is 1.31 bits per heavy atom. The summed E-state index contributed by atoms with van der Waals surface area (Å²) >= 11 is 0. The van der Waals surface area contributed by atoms with Gasteiger partial charge in [-0.25, -0.2) is 0 Å². The molecular formula is C10H18O6. The van der Waals surface area contributed by atoms with Crippen LogP contribution in [0.25, 0.3) is 0 Å². The van der Waals surface area contributed by atoms with Crippen LogP contribution in [0.2, 0.25) is 0 Å². The maximum absolute atomic E-state index is 11.2. The molecule has 16 heavy (non-hydrogen) atoms. The molecule has 0 aromatic carbocycles. The van der Waals surface area contributed by atoms with Crippen LogP contribution in [-0.4, -0.2) is 58.9 Å². The van der Waals surface area contributed by atoms with Crippen molar-refractivity contribution < 1.29 is 29.6 Å². The van der Waals surface area contributed by atoms with E-state index in [1.54, 1.807) is 13.8 Å². The first-order chi connectivity index (χ1) is 7.47. The van der Waals surface area contributed by atoms with Crippen LogP contribution < -0.4 is 0 Å². The molecule has 1 rings (SSSR count). The van der Waals surface area contributed by atoms with Crippen LogP contribution in [0, 0.1) is 5.92 Å². The smallest absolute Gasteiger partial charge is 0.308 e. The second-order valence-corrected chi connectivity index (χ2v) is 4.16. The SMILES string of the molecule is CC(C)C(=O)OC[C@H]1O[C@H](CO)[C@@H](O)[C@@H]1O. The van der Waals surface area contributed by atoms with Gasteiger partial charge in [0.15, 0.2) is 0 Å². The van der Waals surface area contributed by atoms with Gasteiger partial charge in [-0.05, 0) is 0 Å². The van der Waals surface area contributed by atoms with Gasteiger partial charge in [0.1, 0.15) is 31.0 Å². The summed E-state index contributed by atoms with van der Waals surface area (Å²) in [5, 5.41) is 27.8. The lowest BCUT2D eigenvalue weighted by atomic mass is 10.1. The summed E-state index contributed by atoms with van der Waals surface area (Å²) in [6.07, 6.45) is -3.89. The van der Waals surface area contributed by atoms with Gasteiger partial charge in [0.25, 0.3) is 0 Å². The standard InChI is InChI=1S/C10H18O6/c1-5(2)10(14)15-4-7-9(13)8(12)6(3-11)16-7/h5-9,11-13H,3-4H2,1-2H3/t6-,7-,8-,9-/m1/s1. The molecule has 1 aliphatic heterocycles. The van der Waals surface area contributed by atoms with E-state index in [-0.39, 0.29) is 19.1 Å². The van der Waals surface area contributed by atoms with Crippen molar-refractivity contribution in [2.45, 2.75) is 38.3 Å². The molecule has 6 heteroatoms. The Hall–Kier alpha value is -0.690. The summed E-state index contributed by atoms with van der Waals surface area (Å²) in [6, 6.07) is 0. The summed E-state index contributed by atoms with van der Waals surface area (Å²) in [6.45, 7) is 2.89. The van der Waals surface area contributed by atoms with Crippen LogP contribution in [-0.2, 0) is 14.3 Å². The van der Waals surface area contributed by atoms with E-state index in [1.807, 2.05) is 0 Å². The molecule has 0 aliphatic carbocycles. The second-order valence-electron chi connectivity index (χ2n) is 4.16. The van der Waals surface area contributed by atoms with Crippen molar-refractivity contribution >= 4 is 5.97 Å². The van der Waals surface area contributed by atoms with Gasteiger partial charge < -0.3 is 24.8 Å². The Morgan fingerprint density at radius 2 is 1.88 bits per heavy atom. The Bertz CT molecular complexity index is 241. The number of rotatable bonds is 4. The summed E-state index contributed by atoms with van der Waals surface area (Å²) in [7, 11) is 0. The molecule has 0 aromatic rings. The van der Waals surface area contributed by atoms with Crippen LogP contribution in [0.15, 0.2) is 0 Å². The van der Waals surface area contributed by atoms with Crippen molar-refractivity contribution in [3.8, 4) is 0 Å². The molecule has 0 aromatic heterocycles. The molecule has 1 saturated heterocycles. The fourth-order valence-corrected chi connectivity index (χ4v) is 1.45. The summed E-state index contributed by atoms with van der Waals surface area (Å²) in [4.78, 5) is 11.2. The molecule has 3 N–H and O–H groups in total. The molecule has 0 spiro atoms. The van der Waals surface area contributed by atoms with Crippen molar-refractivity contribution in [1.29, 1.82) is 0 Å². The molecular weight excluding hydrogens is 216 g/mol. The molecule has 94 valence electrons. The van der Waals surface area contributed by atoms with Gasteiger partial charge >= 0.3 is 5.97 Å². The Balaban J connectivity index is 2.41. The van der Waals surface area contributed by atoms with Gasteiger partial charge in [-0.2, -0.15) is 0 Å². The van der Waals surface area contributed by atoms with Crippen LogP contribution >= 0.6 is 0 Å². The summed E-state index contributed by atoms with van der Waals surface area (Å²) in [5.74, 6) is -0.644. The average molecular weight is 234 g/mol. The van der Waals surface area contributed by atoms with E-state index in [0.29, 0.717) is 0 Å². The number of carbonyl (C=O) groups excluding carboxylic acids is 1. The highest BCUT2D eigenvalue weighted by Gasteiger charge is 2.42. The predicted molar refractivity (Wildman–Crippen MR) is 53.6 cm³/mol.